The summed E-state index contributed by atoms with van der Waals surface area (Å²) in [5.41, 5.74) is 6.01. The van der Waals surface area contributed by atoms with E-state index in [1.54, 1.807) is 12.1 Å². The molecular weight excluding hydrogens is 390 g/mol. The molecule has 2 amide bonds. The van der Waals surface area contributed by atoms with Gasteiger partial charge in [0.25, 0.3) is 5.91 Å². The van der Waals surface area contributed by atoms with Crippen LogP contribution in [0.3, 0.4) is 0 Å². The van der Waals surface area contributed by atoms with E-state index in [0.29, 0.717) is 37.4 Å². The van der Waals surface area contributed by atoms with Crippen LogP contribution in [0.5, 0.6) is 11.5 Å². The van der Waals surface area contributed by atoms with E-state index in [4.69, 9.17) is 10.5 Å². The number of nitrogens with zero attached hydrogens (tertiary/aromatic N) is 1. The van der Waals surface area contributed by atoms with Crippen LogP contribution < -0.4 is 15.8 Å². The Morgan fingerprint density at radius 1 is 1.07 bits per heavy atom. The Morgan fingerprint density at radius 2 is 1.83 bits per heavy atom. The summed E-state index contributed by atoms with van der Waals surface area (Å²) in [5, 5.41) is 2.90. The van der Waals surface area contributed by atoms with Gasteiger partial charge in [0.15, 0.2) is 0 Å². The van der Waals surface area contributed by atoms with Crippen LogP contribution in [0.1, 0.15) is 36.0 Å². The number of carbonyl (C=O) groups excluding carboxylic acids is 2. The molecule has 6 nitrogen and oxygen atoms in total. The van der Waals surface area contributed by atoms with Crippen LogP contribution in [0, 0.1) is 0 Å². The van der Waals surface area contributed by atoms with E-state index in [1.807, 2.05) is 47.4 Å². The monoisotopic (exact) mass is 417 g/mol. The van der Waals surface area contributed by atoms with Crippen molar-refractivity contribution in [2.45, 2.75) is 31.7 Å². The maximum absolute atomic E-state index is 13.1. The topological polar surface area (TPSA) is 84.7 Å². The highest BCUT2D eigenvalue weighted by Gasteiger charge is 2.28. The van der Waals surface area contributed by atoms with Gasteiger partial charge in [0.2, 0.25) is 5.91 Å². The number of rotatable bonds is 7. The van der Waals surface area contributed by atoms with Crippen LogP contribution in [-0.2, 0) is 4.79 Å². The summed E-state index contributed by atoms with van der Waals surface area (Å²) in [6, 6.07) is 16.7. The zero-order valence-electron chi connectivity index (χ0n) is 16.4. The number of hydrogen-bond donors (Lipinski definition) is 2. The SMILES string of the molecule is Cl.NCCC(=O)NCC1CCCCN1C(=O)c1cccc(Oc2ccccc2)c1. The van der Waals surface area contributed by atoms with Gasteiger partial charge in [0.05, 0.1) is 0 Å². The molecule has 3 N–H and O–H groups in total. The Balaban J connectivity index is 0.00000300. The lowest BCUT2D eigenvalue weighted by Gasteiger charge is -2.36. The second-order valence-electron chi connectivity index (χ2n) is 6.93. The van der Waals surface area contributed by atoms with Crippen LogP contribution in [-0.4, -0.2) is 42.4 Å². The Hall–Kier alpha value is -2.57. The number of nitrogens with one attached hydrogen (secondary N) is 1. The fourth-order valence-electron chi connectivity index (χ4n) is 3.41. The molecule has 1 aliphatic rings. The maximum atomic E-state index is 13.1. The Labute approximate surface area is 177 Å². The second-order valence-corrected chi connectivity index (χ2v) is 6.93. The molecule has 0 aliphatic carbocycles. The molecule has 29 heavy (non-hydrogen) atoms. The van der Waals surface area contributed by atoms with Crippen LogP contribution in [0.4, 0.5) is 0 Å². The molecule has 7 heteroatoms. The molecule has 0 radical (unpaired) electrons. The molecule has 0 saturated carbocycles. The van der Waals surface area contributed by atoms with E-state index in [-0.39, 0.29) is 30.3 Å². The van der Waals surface area contributed by atoms with Crippen molar-refractivity contribution in [2.75, 3.05) is 19.6 Å². The smallest absolute Gasteiger partial charge is 0.254 e. The van der Waals surface area contributed by atoms with E-state index < -0.39 is 0 Å². The van der Waals surface area contributed by atoms with E-state index in [0.717, 1.165) is 25.0 Å². The standard InChI is InChI=1S/C22H27N3O3.ClH/c23-13-12-21(26)24-16-18-8-4-5-14-25(18)22(27)17-7-6-11-20(15-17)28-19-9-2-1-3-10-19;/h1-3,6-7,9-11,15,18H,4-5,8,12-14,16,23H2,(H,24,26);1H. The number of para-hydroxylation sites is 1. The molecule has 1 aliphatic heterocycles. The lowest BCUT2D eigenvalue weighted by atomic mass is 10.0. The highest BCUT2D eigenvalue weighted by molar-refractivity contribution is 5.95. The van der Waals surface area contributed by atoms with Crippen molar-refractivity contribution in [2.24, 2.45) is 5.73 Å². The first-order valence-electron chi connectivity index (χ1n) is 9.78. The van der Waals surface area contributed by atoms with E-state index in [1.165, 1.54) is 0 Å². The molecule has 1 atom stereocenters. The molecule has 2 aromatic carbocycles. The minimum Gasteiger partial charge on any atom is -0.457 e. The van der Waals surface area contributed by atoms with Crippen molar-refractivity contribution < 1.29 is 14.3 Å². The molecule has 1 unspecified atom stereocenters. The first kappa shape index (κ1) is 22.7. The van der Waals surface area contributed by atoms with Crippen LogP contribution >= 0.6 is 12.4 Å². The van der Waals surface area contributed by atoms with Gasteiger partial charge in [0, 0.05) is 37.7 Å². The summed E-state index contributed by atoms with van der Waals surface area (Å²) in [4.78, 5) is 26.7. The largest absolute Gasteiger partial charge is 0.457 e. The maximum Gasteiger partial charge on any atom is 0.254 e. The zero-order chi connectivity index (χ0) is 19.8. The number of likely N-dealkylation sites (tertiary alicyclic amines) is 1. The Kier molecular flexibility index (Phi) is 8.96. The van der Waals surface area contributed by atoms with Gasteiger partial charge < -0.3 is 20.7 Å². The van der Waals surface area contributed by atoms with E-state index in [9.17, 15) is 9.59 Å². The summed E-state index contributed by atoms with van der Waals surface area (Å²) < 4.78 is 5.85. The van der Waals surface area contributed by atoms with Gasteiger partial charge in [-0.15, -0.1) is 12.4 Å². The van der Waals surface area contributed by atoms with Crippen molar-refractivity contribution in [3.63, 3.8) is 0 Å². The number of ether oxygens (including phenoxy) is 1. The van der Waals surface area contributed by atoms with Crippen molar-refractivity contribution in [1.82, 2.24) is 10.2 Å². The Bertz CT molecular complexity index is 801. The predicted molar refractivity (Wildman–Crippen MR) is 116 cm³/mol. The molecule has 1 saturated heterocycles. The molecule has 1 heterocycles. The first-order chi connectivity index (χ1) is 13.7. The Morgan fingerprint density at radius 3 is 2.59 bits per heavy atom. The normalized spacial score (nSPS) is 15.9. The molecule has 0 aromatic heterocycles. The first-order valence-corrected chi connectivity index (χ1v) is 9.78. The molecule has 3 rings (SSSR count). The summed E-state index contributed by atoms with van der Waals surface area (Å²) in [5.74, 6) is 1.25. The van der Waals surface area contributed by atoms with Crippen LogP contribution in [0.2, 0.25) is 0 Å². The van der Waals surface area contributed by atoms with Crippen molar-refractivity contribution in [1.29, 1.82) is 0 Å². The van der Waals surface area contributed by atoms with Crippen LogP contribution in [0.15, 0.2) is 54.6 Å². The fourth-order valence-corrected chi connectivity index (χ4v) is 3.41. The predicted octanol–water partition coefficient (Wildman–Crippen LogP) is 3.36. The van der Waals surface area contributed by atoms with Gasteiger partial charge in [-0.1, -0.05) is 24.3 Å². The van der Waals surface area contributed by atoms with E-state index >= 15 is 0 Å². The lowest BCUT2D eigenvalue weighted by molar-refractivity contribution is -0.121. The number of nitrogens with two attached hydrogens (primary N) is 1. The zero-order valence-corrected chi connectivity index (χ0v) is 17.2. The number of carbonyl (C=O) groups is 2. The average molecular weight is 418 g/mol. The van der Waals surface area contributed by atoms with Gasteiger partial charge in [0.1, 0.15) is 11.5 Å². The number of amides is 2. The molecule has 0 bridgehead atoms. The molecule has 156 valence electrons. The minimum atomic E-state index is -0.0706. The quantitative estimate of drug-likeness (QED) is 0.723. The molecular formula is C22H28ClN3O3. The molecule has 2 aromatic rings. The highest BCUT2D eigenvalue weighted by atomic mass is 35.5. The third-order valence-corrected chi connectivity index (χ3v) is 4.85. The third-order valence-electron chi connectivity index (χ3n) is 4.85. The van der Waals surface area contributed by atoms with Crippen molar-refractivity contribution >= 4 is 24.2 Å². The van der Waals surface area contributed by atoms with Crippen molar-refractivity contribution in [3.8, 4) is 11.5 Å². The van der Waals surface area contributed by atoms with Gasteiger partial charge >= 0.3 is 0 Å². The summed E-state index contributed by atoms with van der Waals surface area (Å²) >= 11 is 0. The number of halogens is 1. The third kappa shape index (κ3) is 6.48. The minimum absolute atomic E-state index is 0. The van der Waals surface area contributed by atoms with Gasteiger partial charge in [-0.05, 0) is 49.6 Å². The number of hydrogen-bond acceptors (Lipinski definition) is 4. The average Bonchev–Trinajstić information content (AvgIpc) is 2.73. The number of piperidine rings is 1. The highest BCUT2D eigenvalue weighted by Crippen LogP contribution is 2.24. The second kappa shape index (κ2) is 11.4. The molecule has 1 fully saturated rings. The summed E-state index contributed by atoms with van der Waals surface area (Å²) in [6.07, 6.45) is 3.21. The van der Waals surface area contributed by atoms with E-state index in [2.05, 4.69) is 5.32 Å². The lowest BCUT2D eigenvalue weighted by Crippen LogP contribution is -2.49. The summed E-state index contributed by atoms with van der Waals surface area (Å²) in [6.45, 7) is 1.48. The fraction of sp³-hybridized carbons (Fsp3) is 0.364. The summed E-state index contributed by atoms with van der Waals surface area (Å²) in [7, 11) is 0. The van der Waals surface area contributed by atoms with Gasteiger partial charge in [-0.3, -0.25) is 9.59 Å². The van der Waals surface area contributed by atoms with Crippen LogP contribution in [0.25, 0.3) is 0 Å². The van der Waals surface area contributed by atoms with Gasteiger partial charge in [-0.2, -0.15) is 0 Å². The van der Waals surface area contributed by atoms with Crippen molar-refractivity contribution in [3.05, 3.63) is 60.2 Å². The number of benzene rings is 2. The van der Waals surface area contributed by atoms with Gasteiger partial charge in [-0.25, -0.2) is 0 Å². The molecule has 0 spiro atoms.